The van der Waals surface area contributed by atoms with Crippen molar-refractivity contribution in [2.24, 2.45) is 0 Å². The van der Waals surface area contributed by atoms with Gasteiger partial charge in [-0.25, -0.2) is 19.6 Å². The molecule has 20 heteroatoms. The van der Waals surface area contributed by atoms with E-state index >= 15 is 0 Å². The summed E-state index contributed by atoms with van der Waals surface area (Å²) >= 11 is 0. The van der Waals surface area contributed by atoms with Gasteiger partial charge in [0, 0.05) is 44.2 Å². The number of carboxylic acid groups (broad SMARTS) is 5. The van der Waals surface area contributed by atoms with E-state index in [-0.39, 0.29) is 50.7 Å². The molecule has 0 saturated carbocycles. The second-order valence-corrected chi connectivity index (χ2v) is 14.0. The number of carbonyl (C=O) groups is 6. The molecule has 3 rings (SSSR count). The van der Waals surface area contributed by atoms with E-state index in [1.54, 1.807) is 33.9 Å². The number of carbonyl (C=O) groups excluding carboxylic acids is 1. The fourth-order valence-corrected chi connectivity index (χ4v) is 6.16. The van der Waals surface area contributed by atoms with Crippen LogP contribution in [-0.4, -0.2) is 117 Å². The van der Waals surface area contributed by atoms with E-state index < -0.39 is 41.9 Å². The van der Waals surface area contributed by atoms with Crippen LogP contribution in [-0.2, 0) is 59.7 Å². The molecule has 2 aromatic heterocycles. The Balaban J connectivity index is 1.27. The first-order valence-electron chi connectivity index (χ1n) is 19.3. The molecule has 2 aromatic rings. The molecular formula is C37H56N8O12. The number of imidazole rings is 2. The lowest BCUT2D eigenvalue weighted by atomic mass is 10.1. The van der Waals surface area contributed by atoms with Crippen molar-refractivity contribution in [3.05, 3.63) is 48.0 Å². The number of nitrogens with one attached hydrogen (secondary N) is 3. The van der Waals surface area contributed by atoms with Gasteiger partial charge in [0.2, 0.25) is 5.91 Å². The van der Waals surface area contributed by atoms with Crippen LogP contribution in [0.3, 0.4) is 0 Å². The Bertz CT molecular complexity index is 1600. The number of aliphatic carboxylic acids is 5. The number of epoxide rings is 1. The van der Waals surface area contributed by atoms with Gasteiger partial charge in [0.1, 0.15) is 49.2 Å². The maximum Gasteiger partial charge on any atom is 0.326 e. The number of aromatic nitrogens is 4. The van der Waals surface area contributed by atoms with E-state index in [1.165, 1.54) is 0 Å². The molecule has 57 heavy (non-hydrogen) atoms. The summed E-state index contributed by atoms with van der Waals surface area (Å²) in [7, 11) is 0. The zero-order valence-electron chi connectivity index (χ0n) is 32.1. The molecule has 1 aliphatic heterocycles. The molecule has 1 amide bonds. The number of carboxylic acids is 5. The largest absolute Gasteiger partial charge is 0.482 e. The number of hydrogen-bond donors (Lipinski definition) is 8. The summed E-state index contributed by atoms with van der Waals surface area (Å²) in [6, 6.07) is -2.30. The van der Waals surface area contributed by atoms with E-state index in [9.17, 15) is 49.2 Å². The molecule has 20 nitrogen and oxygen atoms in total. The zero-order chi connectivity index (χ0) is 41.6. The normalized spacial score (nSPS) is 14.0. The van der Waals surface area contributed by atoms with Crippen molar-refractivity contribution in [2.45, 2.75) is 128 Å². The van der Waals surface area contributed by atoms with Crippen LogP contribution in [0.5, 0.6) is 0 Å². The third-order valence-electron chi connectivity index (χ3n) is 9.26. The maximum absolute atomic E-state index is 12.3. The molecule has 8 N–H and O–H groups in total. The Morgan fingerprint density at radius 1 is 0.667 bits per heavy atom. The highest BCUT2D eigenvalue weighted by Crippen LogP contribution is 2.19. The van der Waals surface area contributed by atoms with Gasteiger partial charge < -0.3 is 55.4 Å². The van der Waals surface area contributed by atoms with Gasteiger partial charge in [0.05, 0.1) is 13.1 Å². The SMILES string of the molecule is O=C(O)CC[C@H](N/C(N[C@@H](CCCCNC(=O)CCCCCCCCCCN(Cc1nccn1CC(=O)O)Cc1nccn1CC(=O)O)C(=O)O)=C1/CO1)C(=O)O. The van der Waals surface area contributed by atoms with Gasteiger partial charge in [-0.1, -0.05) is 38.5 Å². The molecule has 0 aromatic carbocycles. The van der Waals surface area contributed by atoms with Crippen LogP contribution >= 0.6 is 0 Å². The summed E-state index contributed by atoms with van der Waals surface area (Å²) in [4.78, 5) is 80.0. The highest BCUT2D eigenvalue weighted by atomic mass is 16.6. The first-order valence-corrected chi connectivity index (χ1v) is 19.3. The van der Waals surface area contributed by atoms with Crippen LogP contribution in [0.1, 0.15) is 102 Å². The molecule has 0 radical (unpaired) electrons. The lowest BCUT2D eigenvalue weighted by Crippen LogP contribution is -2.46. The Morgan fingerprint density at radius 2 is 1.18 bits per heavy atom. The predicted octanol–water partition coefficient (Wildman–Crippen LogP) is 2.20. The minimum atomic E-state index is -1.27. The fourth-order valence-electron chi connectivity index (χ4n) is 6.16. The van der Waals surface area contributed by atoms with Crippen molar-refractivity contribution in [1.82, 2.24) is 40.0 Å². The Morgan fingerprint density at radius 3 is 1.67 bits per heavy atom. The Kier molecular flexibility index (Phi) is 19.9. The summed E-state index contributed by atoms with van der Waals surface area (Å²) in [5, 5.41) is 54.9. The average Bonchev–Trinajstić information content (AvgIpc) is 3.77. The second kappa shape index (κ2) is 24.8. The average molecular weight is 805 g/mol. The molecule has 1 saturated heterocycles. The van der Waals surface area contributed by atoms with E-state index in [2.05, 4.69) is 30.8 Å². The quantitative estimate of drug-likeness (QED) is 0.0379. The lowest BCUT2D eigenvalue weighted by molar-refractivity contribution is -0.141. The molecule has 0 bridgehead atoms. The fraction of sp³-hybridized carbons (Fsp3) is 0.622. The standard InChI is InChI=1S/C37H56N8O12/c46-31(40-15-9-8-11-26(36(53)54)41-35(28-25-57-28)42-27(37(55)56)13-14-32(47)48)12-7-5-3-1-2-4-6-10-18-43(21-29-38-16-19-44(29)23-33(49)50)22-30-39-17-20-45(30)24-34(51)52/h16-17,19-20,26-27,41-42H,1-15,18,21-25H2,(H,40,46)(H,47,48)(H,49,50)(H,51,52)(H,53,54)(H,55,56)/b35-28-/t26-,27-/m0/s1. The van der Waals surface area contributed by atoms with Crippen LogP contribution < -0.4 is 16.0 Å². The molecule has 1 fully saturated rings. The third kappa shape index (κ3) is 18.7. The minimum Gasteiger partial charge on any atom is -0.482 e. The molecule has 316 valence electrons. The third-order valence-corrected chi connectivity index (χ3v) is 9.26. The van der Waals surface area contributed by atoms with Gasteiger partial charge in [-0.15, -0.1) is 0 Å². The summed E-state index contributed by atoms with van der Waals surface area (Å²) in [5.41, 5.74) is 0. The molecular weight excluding hydrogens is 748 g/mol. The molecule has 0 unspecified atom stereocenters. The highest BCUT2D eigenvalue weighted by molar-refractivity contribution is 5.76. The van der Waals surface area contributed by atoms with Gasteiger partial charge >= 0.3 is 29.8 Å². The van der Waals surface area contributed by atoms with Crippen molar-refractivity contribution in [3.8, 4) is 0 Å². The zero-order valence-corrected chi connectivity index (χ0v) is 32.1. The van der Waals surface area contributed by atoms with Gasteiger partial charge in [0.25, 0.3) is 0 Å². The summed E-state index contributed by atoms with van der Waals surface area (Å²) in [6.07, 6.45) is 15.1. The minimum absolute atomic E-state index is 0.0634. The number of nitrogens with zero attached hydrogens (tertiary/aromatic N) is 5. The first-order chi connectivity index (χ1) is 27.3. The van der Waals surface area contributed by atoms with Gasteiger partial charge in [-0.3, -0.25) is 24.1 Å². The number of rotatable bonds is 33. The first kappa shape index (κ1) is 45.7. The summed E-state index contributed by atoms with van der Waals surface area (Å²) in [6.45, 7) is 1.67. The molecule has 1 aliphatic rings. The van der Waals surface area contributed by atoms with E-state index in [0.717, 1.165) is 51.4 Å². The van der Waals surface area contributed by atoms with Gasteiger partial charge in [-0.05, 0) is 45.1 Å². The van der Waals surface area contributed by atoms with E-state index in [1.807, 2.05) is 0 Å². The monoisotopic (exact) mass is 804 g/mol. The summed E-state index contributed by atoms with van der Waals surface area (Å²) in [5.74, 6) is -3.87. The van der Waals surface area contributed by atoms with Crippen LogP contribution in [0.25, 0.3) is 0 Å². The van der Waals surface area contributed by atoms with Gasteiger partial charge in [0.15, 0.2) is 5.76 Å². The lowest BCUT2D eigenvalue weighted by Gasteiger charge is -2.22. The summed E-state index contributed by atoms with van der Waals surface area (Å²) < 4.78 is 8.30. The molecule has 2 atom stereocenters. The molecule has 0 spiro atoms. The van der Waals surface area contributed by atoms with Gasteiger partial charge in [-0.2, -0.15) is 0 Å². The van der Waals surface area contributed by atoms with Crippen molar-refractivity contribution < 1.29 is 59.0 Å². The van der Waals surface area contributed by atoms with E-state index in [0.29, 0.717) is 62.8 Å². The van der Waals surface area contributed by atoms with Crippen LogP contribution in [0.15, 0.2) is 36.4 Å². The van der Waals surface area contributed by atoms with Crippen LogP contribution in [0.4, 0.5) is 0 Å². The second-order valence-electron chi connectivity index (χ2n) is 14.0. The van der Waals surface area contributed by atoms with Crippen LogP contribution in [0.2, 0.25) is 0 Å². The highest BCUT2D eigenvalue weighted by Gasteiger charge is 2.29. The number of unbranched alkanes of at least 4 members (excludes halogenated alkanes) is 8. The van der Waals surface area contributed by atoms with Crippen LogP contribution in [0, 0.1) is 0 Å². The van der Waals surface area contributed by atoms with Crippen molar-refractivity contribution in [2.75, 3.05) is 19.7 Å². The maximum atomic E-state index is 12.3. The Hall–Kier alpha value is -5.66. The van der Waals surface area contributed by atoms with Crippen molar-refractivity contribution in [3.63, 3.8) is 0 Å². The molecule has 0 aliphatic carbocycles. The Labute approximate surface area is 330 Å². The number of amides is 1. The van der Waals surface area contributed by atoms with Crippen molar-refractivity contribution in [1.29, 1.82) is 0 Å². The smallest absolute Gasteiger partial charge is 0.326 e. The molecule has 3 heterocycles. The number of hydrogen-bond acceptors (Lipinski definition) is 12. The number of ether oxygens (including phenoxy) is 1. The van der Waals surface area contributed by atoms with E-state index in [4.69, 9.17) is 9.84 Å². The van der Waals surface area contributed by atoms with Crippen molar-refractivity contribution >= 4 is 35.8 Å². The predicted molar refractivity (Wildman–Crippen MR) is 201 cm³/mol. The topological polar surface area (TPSA) is 291 Å².